The molecule has 0 unspecified atom stereocenters. The van der Waals surface area contributed by atoms with E-state index in [1.165, 1.54) is 25.7 Å². The van der Waals surface area contributed by atoms with Gasteiger partial charge in [0.1, 0.15) is 11.2 Å². The van der Waals surface area contributed by atoms with Crippen LogP contribution in [0, 0.1) is 22.7 Å². The third-order valence-electron chi connectivity index (χ3n) is 5.40. The Morgan fingerprint density at radius 2 is 0.833 bits per heavy atom. The Morgan fingerprint density at radius 1 is 0.556 bits per heavy atom. The van der Waals surface area contributed by atoms with Crippen LogP contribution in [0.5, 0.6) is 0 Å². The van der Waals surface area contributed by atoms with Crippen LogP contribution in [-0.4, -0.2) is 59.4 Å². The van der Waals surface area contributed by atoms with Crippen molar-refractivity contribution in [1.82, 2.24) is 9.80 Å². The first-order valence-electron chi connectivity index (χ1n) is 13.6. The topological polar surface area (TPSA) is 107 Å². The van der Waals surface area contributed by atoms with E-state index in [4.69, 9.17) is 20.0 Å². The second-order valence-corrected chi connectivity index (χ2v) is 11.3. The molecule has 0 fully saturated rings. The van der Waals surface area contributed by atoms with Gasteiger partial charge in [-0.25, -0.2) is 9.59 Å². The summed E-state index contributed by atoms with van der Waals surface area (Å²) in [6.45, 7) is 13.2. The van der Waals surface area contributed by atoms with E-state index in [-0.39, 0.29) is 12.2 Å². The summed E-state index contributed by atoms with van der Waals surface area (Å²) in [6.07, 6.45) is 11.0. The smallest absolute Gasteiger partial charge is 0.410 e. The lowest BCUT2D eigenvalue weighted by Crippen LogP contribution is -2.38. The molecule has 0 aliphatic carbocycles. The largest absolute Gasteiger partial charge is 0.444 e. The first kappa shape index (κ1) is 33.5. The minimum Gasteiger partial charge on any atom is -0.444 e. The molecule has 0 aliphatic rings. The lowest BCUT2D eigenvalue weighted by atomic mass is 10.1. The zero-order valence-electron chi connectivity index (χ0n) is 23.7. The van der Waals surface area contributed by atoms with Crippen molar-refractivity contribution in [2.75, 3.05) is 26.2 Å². The van der Waals surface area contributed by atoms with E-state index in [1.54, 1.807) is 9.80 Å². The number of unbranched alkanes of at least 4 members (excludes halogenated alkanes) is 9. The molecule has 0 saturated carbocycles. The lowest BCUT2D eigenvalue weighted by Gasteiger charge is -2.27. The van der Waals surface area contributed by atoms with Crippen LogP contribution >= 0.6 is 0 Å². The van der Waals surface area contributed by atoms with Crippen LogP contribution in [0.1, 0.15) is 119 Å². The minimum atomic E-state index is -0.531. The Labute approximate surface area is 219 Å². The molecule has 206 valence electrons. The zero-order valence-corrected chi connectivity index (χ0v) is 23.7. The highest BCUT2D eigenvalue weighted by Gasteiger charge is 2.22. The number of amides is 2. The van der Waals surface area contributed by atoms with Crippen molar-refractivity contribution < 1.29 is 19.1 Å². The molecule has 36 heavy (non-hydrogen) atoms. The third kappa shape index (κ3) is 19.8. The van der Waals surface area contributed by atoms with Crippen molar-refractivity contribution in [2.45, 2.75) is 130 Å². The van der Waals surface area contributed by atoms with Gasteiger partial charge >= 0.3 is 12.2 Å². The van der Waals surface area contributed by atoms with E-state index < -0.39 is 11.2 Å². The van der Waals surface area contributed by atoms with Crippen LogP contribution in [0.25, 0.3) is 0 Å². The molecule has 8 nitrogen and oxygen atoms in total. The number of hydrogen-bond donors (Lipinski definition) is 0. The van der Waals surface area contributed by atoms with E-state index in [0.717, 1.165) is 38.5 Å². The second-order valence-electron chi connectivity index (χ2n) is 11.3. The van der Waals surface area contributed by atoms with E-state index in [0.29, 0.717) is 39.0 Å². The summed E-state index contributed by atoms with van der Waals surface area (Å²) in [5.41, 5.74) is -1.06. The molecule has 0 spiro atoms. The highest BCUT2D eigenvalue weighted by molar-refractivity contribution is 5.68. The summed E-state index contributed by atoms with van der Waals surface area (Å²) in [6, 6.07) is 4.20. The molecule has 0 atom stereocenters. The summed E-state index contributed by atoms with van der Waals surface area (Å²) < 4.78 is 10.9. The van der Waals surface area contributed by atoms with Gasteiger partial charge in [0.15, 0.2) is 0 Å². The average Bonchev–Trinajstić information content (AvgIpc) is 2.75. The molecule has 0 radical (unpaired) electrons. The molecule has 0 rings (SSSR count). The summed E-state index contributed by atoms with van der Waals surface area (Å²) >= 11 is 0. The maximum Gasteiger partial charge on any atom is 0.410 e. The molecule has 0 aromatic carbocycles. The third-order valence-corrected chi connectivity index (χ3v) is 5.40. The van der Waals surface area contributed by atoms with Gasteiger partial charge in [-0.15, -0.1) is 0 Å². The monoisotopic (exact) mass is 506 g/mol. The molecule has 0 aromatic heterocycles. The number of carbonyl (C=O) groups excluding carboxylic acids is 2. The summed E-state index contributed by atoms with van der Waals surface area (Å²) in [4.78, 5) is 27.9. The van der Waals surface area contributed by atoms with Crippen molar-refractivity contribution in [1.29, 1.82) is 10.5 Å². The Balaban J connectivity index is 3.95. The number of rotatable bonds is 17. The number of hydrogen-bond acceptors (Lipinski definition) is 6. The molecule has 0 saturated heterocycles. The van der Waals surface area contributed by atoms with Crippen LogP contribution < -0.4 is 0 Å². The first-order valence-corrected chi connectivity index (χ1v) is 13.6. The predicted octanol–water partition coefficient (Wildman–Crippen LogP) is 7.19. The van der Waals surface area contributed by atoms with Crippen LogP contribution in [0.15, 0.2) is 0 Å². The van der Waals surface area contributed by atoms with Crippen molar-refractivity contribution in [2.24, 2.45) is 0 Å². The minimum absolute atomic E-state index is 0.318. The molecule has 0 N–H and O–H groups in total. The van der Waals surface area contributed by atoms with Crippen LogP contribution in [0.3, 0.4) is 0 Å². The van der Waals surface area contributed by atoms with Crippen LogP contribution in [-0.2, 0) is 9.47 Å². The molecule has 8 heteroatoms. The molecule has 0 aliphatic heterocycles. The van der Waals surface area contributed by atoms with E-state index in [1.807, 2.05) is 41.5 Å². The van der Waals surface area contributed by atoms with Crippen LogP contribution in [0.2, 0.25) is 0 Å². The second kappa shape index (κ2) is 18.7. The lowest BCUT2D eigenvalue weighted by molar-refractivity contribution is 0.0240. The standard InChI is InChI=1S/C28H50N4O4/c1-27(2,3)35-25(33)31(23-17-19-29)21-15-13-11-9-7-8-10-12-14-16-22-32(24-18-20-30)26(34)36-28(4,5)6/h7-18,21-24H2,1-6H3. The van der Waals surface area contributed by atoms with E-state index >= 15 is 0 Å². The number of ether oxygens (including phenoxy) is 2. The van der Waals surface area contributed by atoms with Crippen molar-refractivity contribution in [3.05, 3.63) is 0 Å². The van der Waals surface area contributed by atoms with Crippen molar-refractivity contribution in [3.63, 3.8) is 0 Å². The molecule has 2 amide bonds. The van der Waals surface area contributed by atoms with Gasteiger partial charge in [-0.2, -0.15) is 10.5 Å². The predicted molar refractivity (Wildman–Crippen MR) is 142 cm³/mol. The summed E-state index contributed by atoms with van der Waals surface area (Å²) in [7, 11) is 0. The van der Waals surface area contributed by atoms with Gasteiger partial charge < -0.3 is 19.3 Å². The highest BCUT2D eigenvalue weighted by atomic mass is 16.6. The fraction of sp³-hybridized carbons (Fsp3) is 0.857. The van der Waals surface area contributed by atoms with E-state index in [2.05, 4.69) is 12.1 Å². The van der Waals surface area contributed by atoms with Crippen molar-refractivity contribution in [3.8, 4) is 12.1 Å². The molecule has 0 aromatic rings. The maximum absolute atomic E-state index is 12.3. The Kier molecular flexibility index (Phi) is 17.5. The molecular formula is C28H50N4O4. The SMILES string of the molecule is CC(C)(C)OC(=O)N(CCC#N)CCCCCCCCCCCCN(CCC#N)C(=O)OC(C)(C)C. The van der Waals surface area contributed by atoms with Gasteiger partial charge in [0.25, 0.3) is 0 Å². The van der Waals surface area contributed by atoms with Gasteiger partial charge in [0.2, 0.25) is 0 Å². The molecular weight excluding hydrogens is 456 g/mol. The number of carbonyl (C=O) groups is 2. The zero-order chi connectivity index (χ0) is 27.5. The number of nitrogens with zero attached hydrogens (tertiary/aromatic N) is 4. The Bertz CT molecular complexity index is 638. The highest BCUT2D eigenvalue weighted by Crippen LogP contribution is 2.15. The van der Waals surface area contributed by atoms with Gasteiger partial charge in [0, 0.05) is 26.2 Å². The quantitative estimate of drug-likeness (QED) is 0.193. The van der Waals surface area contributed by atoms with E-state index in [9.17, 15) is 9.59 Å². The van der Waals surface area contributed by atoms with Gasteiger partial charge in [-0.3, -0.25) is 0 Å². The van der Waals surface area contributed by atoms with Gasteiger partial charge in [-0.05, 0) is 54.4 Å². The average molecular weight is 507 g/mol. The summed E-state index contributed by atoms with van der Waals surface area (Å²) in [5.74, 6) is 0. The maximum atomic E-state index is 12.3. The normalized spacial score (nSPS) is 11.3. The first-order chi connectivity index (χ1) is 16.9. The summed E-state index contributed by atoms with van der Waals surface area (Å²) in [5, 5.41) is 17.7. The fourth-order valence-corrected chi connectivity index (χ4v) is 3.63. The van der Waals surface area contributed by atoms with Gasteiger partial charge in [-0.1, -0.05) is 51.4 Å². The molecule has 0 bridgehead atoms. The van der Waals surface area contributed by atoms with Crippen molar-refractivity contribution >= 4 is 12.2 Å². The van der Waals surface area contributed by atoms with Crippen LogP contribution in [0.4, 0.5) is 9.59 Å². The Morgan fingerprint density at radius 3 is 1.08 bits per heavy atom. The van der Waals surface area contributed by atoms with Gasteiger partial charge in [0.05, 0.1) is 25.0 Å². The number of nitriles is 2. The fourth-order valence-electron chi connectivity index (χ4n) is 3.63. The molecule has 0 heterocycles. The Hall–Kier alpha value is -2.48.